The van der Waals surface area contributed by atoms with Gasteiger partial charge in [0, 0.05) is 43.7 Å². The maximum absolute atomic E-state index is 12.0. The van der Waals surface area contributed by atoms with Gasteiger partial charge in [0.15, 0.2) is 0 Å². The summed E-state index contributed by atoms with van der Waals surface area (Å²) in [6.07, 6.45) is 1.12. The molecule has 1 aromatic carbocycles. The topological polar surface area (TPSA) is 86.3 Å². The second-order valence-electron chi connectivity index (χ2n) is 5.39. The van der Waals surface area contributed by atoms with Gasteiger partial charge in [0.2, 0.25) is 0 Å². The van der Waals surface area contributed by atoms with Crippen molar-refractivity contribution in [2.45, 2.75) is 25.8 Å². The van der Waals surface area contributed by atoms with Crippen LogP contribution in [0.15, 0.2) is 35.1 Å². The van der Waals surface area contributed by atoms with E-state index in [1.54, 1.807) is 10.6 Å². The predicted molar refractivity (Wildman–Crippen MR) is 88.6 cm³/mol. The number of anilines is 1. The number of aromatic nitrogens is 1. The van der Waals surface area contributed by atoms with Crippen LogP contribution in [0.2, 0.25) is 0 Å². The summed E-state index contributed by atoms with van der Waals surface area (Å²) in [6.45, 7) is 0.931. The van der Waals surface area contributed by atoms with E-state index in [9.17, 15) is 9.59 Å². The van der Waals surface area contributed by atoms with Gasteiger partial charge in [-0.05, 0) is 30.7 Å². The van der Waals surface area contributed by atoms with E-state index in [-0.39, 0.29) is 12.0 Å². The fourth-order valence-corrected chi connectivity index (χ4v) is 2.47. The van der Waals surface area contributed by atoms with Gasteiger partial charge in [-0.2, -0.15) is 5.26 Å². The highest BCUT2D eigenvalue weighted by Gasteiger charge is 2.07. The molecule has 0 saturated carbocycles. The number of aryl methyl sites for hydroxylation is 1. The van der Waals surface area contributed by atoms with Crippen LogP contribution in [0.25, 0.3) is 10.9 Å². The summed E-state index contributed by atoms with van der Waals surface area (Å²) in [5.41, 5.74) is 1.65. The summed E-state index contributed by atoms with van der Waals surface area (Å²) in [4.78, 5) is 24.6. The number of benzene rings is 1. The highest BCUT2D eigenvalue weighted by atomic mass is 16.4. The second-order valence-corrected chi connectivity index (χ2v) is 5.39. The quantitative estimate of drug-likeness (QED) is 0.792. The van der Waals surface area contributed by atoms with Gasteiger partial charge < -0.3 is 14.6 Å². The van der Waals surface area contributed by atoms with Gasteiger partial charge in [0.1, 0.15) is 0 Å². The molecule has 0 bridgehead atoms. The zero-order valence-corrected chi connectivity index (χ0v) is 13.0. The number of hydrogen-bond donors (Lipinski definition) is 1. The number of carboxylic acids is 1. The number of carboxylic acid groups (broad SMARTS) is 1. The van der Waals surface area contributed by atoms with Gasteiger partial charge >= 0.3 is 5.97 Å². The fourth-order valence-electron chi connectivity index (χ4n) is 2.47. The first-order valence-corrected chi connectivity index (χ1v) is 7.46. The van der Waals surface area contributed by atoms with Crippen LogP contribution in [-0.4, -0.2) is 29.2 Å². The molecule has 0 fully saturated rings. The molecule has 0 saturated heterocycles. The van der Waals surface area contributed by atoms with E-state index >= 15 is 0 Å². The van der Waals surface area contributed by atoms with Crippen molar-refractivity contribution in [3.8, 4) is 6.07 Å². The number of fused-ring (bicyclic) bond motifs is 1. The van der Waals surface area contributed by atoms with Crippen LogP contribution in [-0.2, 0) is 11.3 Å². The van der Waals surface area contributed by atoms with Crippen LogP contribution in [0.1, 0.15) is 19.3 Å². The van der Waals surface area contributed by atoms with E-state index in [0.29, 0.717) is 25.9 Å². The Morgan fingerprint density at radius 1 is 1.35 bits per heavy atom. The third kappa shape index (κ3) is 4.10. The van der Waals surface area contributed by atoms with E-state index < -0.39 is 5.97 Å². The first-order valence-electron chi connectivity index (χ1n) is 7.46. The van der Waals surface area contributed by atoms with Crippen molar-refractivity contribution in [2.75, 3.05) is 18.5 Å². The molecule has 0 aliphatic carbocycles. The lowest BCUT2D eigenvalue weighted by Gasteiger charge is -2.19. The van der Waals surface area contributed by atoms with Gasteiger partial charge in [-0.3, -0.25) is 9.59 Å². The smallest absolute Gasteiger partial charge is 0.305 e. The number of pyridine rings is 1. The Bertz CT molecular complexity index is 805. The minimum atomic E-state index is -0.830. The summed E-state index contributed by atoms with van der Waals surface area (Å²) in [5, 5.41) is 18.3. The van der Waals surface area contributed by atoms with Crippen molar-refractivity contribution in [3.05, 3.63) is 40.7 Å². The highest BCUT2D eigenvalue weighted by molar-refractivity contribution is 5.83. The van der Waals surface area contributed by atoms with E-state index in [0.717, 1.165) is 16.6 Å². The lowest BCUT2D eigenvalue weighted by atomic mass is 10.1. The number of nitriles is 1. The van der Waals surface area contributed by atoms with Crippen LogP contribution in [0.4, 0.5) is 5.69 Å². The molecule has 6 nitrogen and oxygen atoms in total. The summed E-state index contributed by atoms with van der Waals surface area (Å²) in [7, 11) is 1.84. The largest absolute Gasteiger partial charge is 0.481 e. The summed E-state index contributed by atoms with van der Waals surface area (Å²) < 4.78 is 1.67. The Hall–Kier alpha value is -2.81. The first kappa shape index (κ1) is 16.6. The van der Waals surface area contributed by atoms with Crippen LogP contribution >= 0.6 is 0 Å². The van der Waals surface area contributed by atoms with Gasteiger partial charge in [-0.25, -0.2) is 0 Å². The number of nitrogens with zero attached hydrogens (tertiary/aromatic N) is 3. The van der Waals surface area contributed by atoms with Crippen molar-refractivity contribution >= 4 is 22.6 Å². The van der Waals surface area contributed by atoms with Crippen LogP contribution in [0.3, 0.4) is 0 Å². The third-order valence-corrected chi connectivity index (χ3v) is 3.75. The molecular formula is C17H19N3O3. The lowest BCUT2D eigenvalue weighted by Crippen LogP contribution is -2.22. The Kier molecular flexibility index (Phi) is 5.36. The molecule has 0 unspecified atom stereocenters. The van der Waals surface area contributed by atoms with Crippen LogP contribution < -0.4 is 10.5 Å². The monoisotopic (exact) mass is 313 g/mol. The molecule has 0 aliphatic heterocycles. The predicted octanol–water partition coefficient (Wildman–Crippen LogP) is 2.22. The summed E-state index contributed by atoms with van der Waals surface area (Å²) in [6, 6.07) is 11.1. The van der Waals surface area contributed by atoms with Crippen molar-refractivity contribution in [1.29, 1.82) is 5.26 Å². The number of carbonyl (C=O) groups is 1. The molecule has 1 heterocycles. The third-order valence-electron chi connectivity index (χ3n) is 3.75. The molecular weight excluding hydrogens is 294 g/mol. The molecule has 0 amide bonds. The molecule has 2 rings (SSSR count). The van der Waals surface area contributed by atoms with Gasteiger partial charge in [-0.15, -0.1) is 0 Å². The maximum Gasteiger partial charge on any atom is 0.305 e. The minimum Gasteiger partial charge on any atom is -0.481 e. The minimum absolute atomic E-state index is 0.0716. The second kappa shape index (κ2) is 7.45. The Balaban J connectivity index is 2.30. The number of rotatable bonds is 7. The molecule has 23 heavy (non-hydrogen) atoms. The molecule has 1 aromatic heterocycles. The molecule has 120 valence electrons. The first-order chi connectivity index (χ1) is 11.0. The Morgan fingerprint density at radius 2 is 2.13 bits per heavy atom. The zero-order valence-electron chi connectivity index (χ0n) is 13.0. The molecule has 2 aromatic rings. The molecule has 6 heteroatoms. The zero-order chi connectivity index (χ0) is 16.8. The number of hydrogen-bond acceptors (Lipinski definition) is 4. The highest BCUT2D eigenvalue weighted by Crippen LogP contribution is 2.21. The van der Waals surface area contributed by atoms with Crippen molar-refractivity contribution in [3.63, 3.8) is 0 Å². The maximum atomic E-state index is 12.0. The van der Waals surface area contributed by atoms with Crippen LogP contribution in [0.5, 0.6) is 0 Å². The Labute approximate surface area is 134 Å². The standard InChI is InChI=1S/C17H19N3O3/c1-19(11-8-17(22)23)14-5-6-15-13(12-14)4-7-16(21)20(15)10-3-2-9-18/h4-7,12H,2-3,8,10-11H2,1H3,(H,22,23). The molecule has 0 spiro atoms. The molecule has 0 aliphatic rings. The van der Waals surface area contributed by atoms with Gasteiger partial charge in [0.05, 0.1) is 18.0 Å². The van der Waals surface area contributed by atoms with E-state index in [1.807, 2.05) is 30.1 Å². The Morgan fingerprint density at radius 3 is 2.83 bits per heavy atom. The normalized spacial score (nSPS) is 10.4. The van der Waals surface area contributed by atoms with Crippen molar-refractivity contribution < 1.29 is 9.90 Å². The van der Waals surface area contributed by atoms with Crippen molar-refractivity contribution in [2.24, 2.45) is 0 Å². The SMILES string of the molecule is CN(CCC(=O)O)c1ccc2c(ccc(=O)n2CCCC#N)c1. The van der Waals surface area contributed by atoms with Crippen molar-refractivity contribution in [1.82, 2.24) is 4.57 Å². The number of aliphatic carboxylic acids is 1. The van der Waals surface area contributed by atoms with E-state index in [1.165, 1.54) is 6.07 Å². The lowest BCUT2D eigenvalue weighted by molar-refractivity contribution is -0.136. The van der Waals surface area contributed by atoms with E-state index in [2.05, 4.69) is 6.07 Å². The average Bonchev–Trinajstić information content (AvgIpc) is 2.54. The van der Waals surface area contributed by atoms with Crippen LogP contribution in [0, 0.1) is 11.3 Å². The number of unbranched alkanes of at least 4 members (excludes halogenated alkanes) is 1. The fraction of sp³-hybridized carbons (Fsp3) is 0.353. The van der Waals surface area contributed by atoms with Gasteiger partial charge in [0.25, 0.3) is 5.56 Å². The average molecular weight is 313 g/mol. The summed E-state index contributed by atoms with van der Waals surface area (Å²) >= 11 is 0. The molecule has 0 atom stereocenters. The van der Waals surface area contributed by atoms with Gasteiger partial charge in [-0.1, -0.05) is 0 Å². The molecule has 1 N–H and O–H groups in total. The summed E-state index contributed by atoms with van der Waals surface area (Å²) in [5.74, 6) is -0.830. The molecule has 0 radical (unpaired) electrons. The van der Waals surface area contributed by atoms with E-state index in [4.69, 9.17) is 10.4 Å².